The van der Waals surface area contributed by atoms with Gasteiger partial charge >= 0.3 is 5.97 Å². The molecule has 3 nitrogen and oxygen atoms in total. The molecule has 0 aliphatic rings. The Hall–Kier alpha value is -1.48. The number of fused-ring (bicyclic) bond motifs is 1. The number of aromatic amines is 1. The molecular formula is C12H12ClNO2. The highest BCUT2D eigenvalue weighted by Gasteiger charge is 2.13. The monoisotopic (exact) mass is 237 g/mol. The molecule has 0 radical (unpaired) electrons. The number of carboxylic acids is 1. The van der Waals surface area contributed by atoms with Crippen LogP contribution in [0, 0.1) is 0 Å². The van der Waals surface area contributed by atoms with Gasteiger partial charge in [-0.25, -0.2) is 4.79 Å². The molecule has 0 bridgehead atoms. The third kappa shape index (κ3) is 1.91. The second-order valence-electron chi connectivity index (χ2n) is 3.63. The number of halogens is 1. The number of benzene rings is 1. The number of rotatable bonds is 4. The highest BCUT2D eigenvalue weighted by molar-refractivity contribution is 6.17. The number of aryl methyl sites for hydroxylation is 1. The molecule has 0 aliphatic carbocycles. The van der Waals surface area contributed by atoms with Gasteiger partial charge in [0.2, 0.25) is 0 Å². The SMILES string of the molecule is O=C(O)c1ccc2[nH]ccc2c1CCCCl. The summed E-state index contributed by atoms with van der Waals surface area (Å²) in [5.41, 5.74) is 2.21. The number of alkyl halides is 1. The second-order valence-corrected chi connectivity index (χ2v) is 4.01. The summed E-state index contributed by atoms with van der Waals surface area (Å²) in [5, 5.41) is 10.1. The lowest BCUT2D eigenvalue weighted by Crippen LogP contribution is -2.03. The Morgan fingerprint density at radius 1 is 1.38 bits per heavy atom. The zero-order valence-electron chi connectivity index (χ0n) is 8.66. The molecule has 2 N–H and O–H groups in total. The van der Waals surface area contributed by atoms with E-state index in [2.05, 4.69) is 4.98 Å². The first-order chi connectivity index (χ1) is 7.74. The maximum Gasteiger partial charge on any atom is 0.335 e. The van der Waals surface area contributed by atoms with E-state index in [1.165, 1.54) is 0 Å². The molecule has 2 rings (SSSR count). The zero-order chi connectivity index (χ0) is 11.5. The normalized spacial score (nSPS) is 10.8. The van der Waals surface area contributed by atoms with E-state index in [-0.39, 0.29) is 0 Å². The fourth-order valence-corrected chi connectivity index (χ4v) is 2.04. The van der Waals surface area contributed by atoms with E-state index in [0.29, 0.717) is 17.9 Å². The van der Waals surface area contributed by atoms with E-state index in [1.807, 2.05) is 12.3 Å². The molecule has 4 heteroatoms. The van der Waals surface area contributed by atoms with Crippen LogP contribution < -0.4 is 0 Å². The fourth-order valence-electron chi connectivity index (χ4n) is 1.91. The molecule has 0 unspecified atom stereocenters. The third-order valence-corrected chi connectivity index (χ3v) is 2.90. The summed E-state index contributed by atoms with van der Waals surface area (Å²) in [6.07, 6.45) is 3.30. The van der Waals surface area contributed by atoms with Crippen molar-refractivity contribution in [1.82, 2.24) is 4.98 Å². The number of hydrogen-bond donors (Lipinski definition) is 2. The van der Waals surface area contributed by atoms with Crippen molar-refractivity contribution in [3.8, 4) is 0 Å². The van der Waals surface area contributed by atoms with Crippen molar-refractivity contribution in [2.45, 2.75) is 12.8 Å². The molecular weight excluding hydrogens is 226 g/mol. The van der Waals surface area contributed by atoms with E-state index in [4.69, 9.17) is 16.7 Å². The Bertz CT molecular complexity index is 519. The van der Waals surface area contributed by atoms with E-state index in [9.17, 15) is 4.79 Å². The van der Waals surface area contributed by atoms with Gasteiger partial charge in [0.15, 0.2) is 0 Å². The first kappa shape index (κ1) is 11.0. The minimum atomic E-state index is -0.882. The average Bonchev–Trinajstić information content (AvgIpc) is 2.73. The summed E-state index contributed by atoms with van der Waals surface area (Å²) < 4.78 is 0. The lowest BCUT2D eigenvalue weighted by Gasteiger charge is -2.06. The van der Waals surface area contributed by atoms with Gasteiger partial charge in [-0.1, -0.05) is 0 Å². The summed E-state index contributed by atoms with van der Waals surface area (Å²) >= 11 is 5.65. The Balaban J connectivity index is 2.56. The van der Waals surface area contributed by atoms with Crippen LogP contribution in [0.3, 0.4) is 0 Å². The number of aromatic carboxylic acids is 1. The highest BCUT2D eigenvalue weighted by atomic mass is 35.5. The number of carboxylic acid groups (broad SMARTS) is 1. The average molecular weight is 238 g/mol. The highest BCUT2D eigenvalue weighted by Crippen LogP contribution is 2.23. The lowest BCUT2D eigenvalue weighted by molar-refractivity contribution is 0.0696. The maximum absolute atomic E-state index is 11.1. The molecule has 2 aromatic rings. The Labute approximate surface area is 98.0 Å². The van der Waals surface area contributed by atoms with Crippen molar-refractivity contribution in [2.24, 2.45) is 0 Å². The Kier molecular flexibility index (Phi) is 3.15. The van der Waals surface area contributed by atoms with Crippen LogP contribution in [0.1, 0.15) is 22.3 Å². The Morgan fingerprint density at radius 2 is 2.19 bits per heavy atom. The van der Waals surface area contributed by atoms with Crippen LogP contribution in [0.15, 0.2) is 24.4 Å². The van der Waals surface area contributed by atoms with Gasteiger partial charge in [-0.05, 0) is 36.6 Å². The van der Waals surface area contributed by atoms with Gasteiger partial charge in [0.1, 0.15) is 0 Å². The molecule has 0 aliphatic heterocycles. The van der Waals surface area contributed by atoms with Gasteiger partial charge in [-0.2, -0.15) is 0 Å². The maximum atomic E-state index is 11.1. The summed E-state index contributed by atoms with van der Waals surface area (Å²) in [6.45, 7) is 0. The molecule has 0 atom stereocenters. The molecule has 1 aromatic carbocycles. The van der Waals surface area contributed by atoms with Crippen LogP contribution in [-0.2, 0) is 6.42 Å². The molecule has 0 spiro atoms. The van der Waals surface area contributed by atoms with Crippen LogP contribution in [0.4, 0.5) is 0 Å². The zero-order valence-corrected chi connectivity index (χ0v) is 9.42. The van der Waals surface area contributed by atoms with E-state index < -0.39 is 5.97 Å². The summed E-state index contributed by atoms with van der Waals surface area (Å²) in [4.78, 5) is 14.2. The minimum absolute atomic E-state index is 0.372. The Morgan fingerprint density at radius 3 is 2.88 bits per heavy atom. The van der Waals surface area contributed by atoms with Crippen molar-refractivity contribution in [3.63, 3.8) is 0 Å². The van der Waals surface area contributed by atoms with Crippen LogP contribution in [-0.4, -0.2) is 21.9 Å². The first-order valence-corrected chi connectivity index (χ1v) is 5.65. The van der Waals surface area contributed by atoms with Gasteiger partial charge in [-0.15, -0.1) is 11.6 Å². The van der Waals surface area contributed by atoms with Gasteiger partial charge in [0, 0.05) is 23.0 Å². The van der Waals surface area contributed by atoms with Crippen LogP contribution in [0.25, 0.3) is 10.9 Å². The quantitative estimate of drug-likeness (QED) is 0.803. The number of H-pyrrole nitrogens is 1. The van der Waals surface area contributed by atoms with Crippen molar-refractivity contribution < 1.29 is 9.90 Å². The number of hydrogen-bond acceptors (Lipinski definition) is 1. The lowest BCUT2D eigenvalue weighted by atomic mass is 9.99. The summed E-state index contributed by atoms with van der Waals surface area (Å²) in [7, 11) is 0. The van der Waals surface area contributed by atoms with Gasteiger partial charge < -0.3 is 10.1 Å². The predicted octanol–water partition coefficient (Wildman–Crippen LogP) is 3.04. The van der Waals surface area contributed by atoms with Crippen molar-refractivity contribution in [1.29, 1.82) is 0 Å². The molecule has 1 aromatic heterocycles. The molecule has 0 saturated heterocycles. The van der Waals surface area contributed by atoms with Gasteiger partial charge in [0.05, 0.1) is 5.56 Å². The molecule has 0 amide bonds. The molecule has 16 heavy (non-hydrogen) atoms. The largest absolute Gasteiger partial charge is 0.478 e. The van der Waals surface area contributed by atoms with E-state index >= 15 is 0 Å². The first-order valence-electron chi connectivity index (χ1n) is 5.12. The fraction of sp³-hybridized carbons (Fsp3) is 0.250. The molecule has 0 fully saturated rings. The number of nitrogens with one attached hydrogen (secondary N) is 1. The van der Waals surface area contributed by atoms with E-state index in [1.54, 1.807) is 12.1 Å². The smallest absolute Gasteiger partial charge is 0.335 e. The number of carbonyl (C=O) groups is 1. The van der Waals surface area contributed by atoms with Crippen LogP contribution in [0.2, 0.25) is 0 Å². The van der Waals surface area contributed by atoms with Gasteiger partial charge in [0.25, 0.3) is 0 Å². The van der Waals surface area contributed by atoms with Crippen molar-refractivity contribution in [3.05, 3.63) is 35.5 Å². The van der Waals surface area contributed by atoms with Crippen molar-refractivity contribution >= 4 is 28.5 Å². The van der Waals surface area contributed by atoms with Gasteiger partial charge in [-0.3, -0.25) is 0 Å². The summed E-state index contributed by atoms with van der Waals surface area (Å²) in [5.74, 6) is -0.340. The topological polar surface area (TPSA) is 53.1 Å². The second kappa shape index (κ2) is 4.58. The third-order valence-electron chi connectivity index (χ3n) is 2.64. The predicted molar refractivity (Wildman–Crippen MR) is 64.3 cm³/mol. The van der Waals surface area contributed by atoms with E-state index in [0.717, 1.165) is 22.9 Å². The van der Waals surface area contributed by atoms with Crippen LogP contribution >= 0.6 is 11.6 Å². The standard InChI is InChI=1S/C12H12ClNO2/c13-6-1-2-8-9-5-7-14-11(9)4-3-10(8)12(15)16/h3-5,7,14H,1-2,6H2,(H,15,16). The molecule has 84 valence electrons. The molecule has 0 saturated carbocycles. The molecule has 1 heterocycles. The van der Waals surface area contributed by atoms with Crippen LogP contribution in [0.5, 0.6) is 0 Å². The van der Waals surface area contributed by atoms with Crippen molar-refractivity contribution in [2.75, 3.05) is 5.88 Å². The summed E-state index contributed by atoms with van der Waals surface area (Å²) in [6, 6.07) is 5.35. The minimum Gasteiger partial charge on any atom is -0.478 e. The number of aromatic nitrogens is 1.